The van der Waals surface area contributed by atoms with Gasteiger partial charge in [-0.15, -0.1) is 0 Å². The predicted octanol–water partition coefficient (Wildman–Crippen LogP) is 5.58. The molecule has 1 amide bonds. The standard InChI is InChI=1S/C27H32N2O6/c1-7-16(2)21-10-8-9-11-23(21)28-26(30)19(5)34-27(31)20-12-13-24(25(14-20)32-6)33-15-22-17(3)29-35-18(22)4/h8-14,16,19H,7,15H2,1-6H3,(H,28,30). The Hall–Kier alpha value is -3.81. The highest BCUT2D eigenvalue weighted by atomic mass is 16.5. The van der Waals surface area contributed by atoms with E-state index in [1.165, 1.54) is 20.1 Å². The van der Waals surface area contributed by atoms with E-state index in [0.717, 1.165) is 28.9 Å². The second-order valence-electron chi connectivity index (χ2n) is 8.39. The van der Waals surface area contributed by atoms with E-state index in [4.69, 9.17) is 18.7 Å². The van der Waals surface area contributed by atoms with Crippen LogP contribution in [0, 0.1) is 13.8 Å². The number of nitrogens with one attached hydrogen (secondary N) is 1. The van der Waals surface area contributed by atoms with Crippen LogP contribution in [0.2, 0.25) is 0 Å². The van der Waals surface area contributed by atoms with Gasteiger partial charge in [0.05, 0.1) is 23.9 Å². The summed E-state index contributed by atoms with van der Waals surface area (Å²) < 4.78 is 21.8. The molecule has 3 aromatic rings. The van der Waals surface area contributed by atoms with Crippen LogP contribution in [-0.2, 0) is 16.1 Å². The Morgan fingerprint density at radius 1 is 1.09 bits per heavy atom. The first-order valence-corrected chi connectivity index (χ1v) is 11.6. The molecule has 1 aromatic heterocycles. The van der Waals surface area contributed by atoms with E-state index in [9.17, 15) is 9.59 Å². The van der Waals surface area contributed by atoms with Crippen molar-refractivity contribution in [2.24, 2.45) is 0 Å². The minimum absolute atomic E-state index is 0.242. The predicted molar refractivity (Wildman–Crippen MR) is 132 cm³/mol. The number of carbonyl (C=O) groups is 2. The normalized spacial score (nSPS) is 12.5. The summed E-state index contributed by atoms with van der Waals surface area (Å²) in [6.07, 6.45) is -0.0501. The third kappa shape index (κ3) is 6.20. The number of rotatable bonds is 10. The van der Waals surface area contributed by atoms with E-state index in [1.807, 2.05) is 38.1 Å². The fraction of sp³-hybridized carbons (Fsp3) is 0.370. The van der Waals surface area contributed by atoms with Gasteiger partial charge in [0.1, 0.15) is 12.4 Å². The van der Waals surface area contributed by atoms with Crippen molar-refractivity contribution < 1.29 is 28.3 Å². The van der Waals surface area contributed by atoms with Crippen LogP contribution in [0.15, 0.2) is 47.0 Å². The molecule has 0 aliphatic heterocycles. The number of aromatic nitrogens is 1. The van der Waals surface area contributed by atoms with Crippen LogP contribution < -0.4 is 14.8 Å². The van der Waals surface area contributed by atoms with Crippen LogP contribution in [0.25, 0.3) is 0 Å². The van der Waals surface area contributed by atoms with Crippen LogP contribution in [-0.4, -0.2) is 30.2 Å². The summed E-state index contributed by atoms with van der Waals surface area (Å²) in [5.41, 5.74) is 3.60. The van der Waals surface area contributed by atoms with E-state index in [1.54, 1.807) is 12.1 Å². The molecule has 8 nitrogen and oxygen atoms in total. The fourth-order valence-corrected chi connectivity index (χ4v) is 3.55. The molecule has 0 aliphatic carbocycles. The van der Waals surface area contributed by atoms with Crippen molar-refractivity contribution >= 4 is 17.6 Å². The highest BCUT2D eigenvalue weighted by Gasteiger charge is 2.22. The van der Waals surface area contributed by atoms with Crippen molar-refractivity contribution in [3.63, 3.8) is 0 Å². The Bertz CT molecular complexity index is 1170. The van der Waals surface area contributed by atoms with Gasteiger partial charge in [0.15, 0.2) is 17.6 Å². The summed E-state index contributed by atoms with van der Waals surface area (Å²) in [6.45, 7) is 9.63. The van der Waals surface area contributed by atoms with Gasteiger partial charge in [0, 0.05) is 5.69 Å². The first-order chi connectivity index (χ1) is 16.7. The lowest BCUT2D eigenvalue weighted by Gasteiger charge is -2.18. The topological polar surface area (TPSA) is 99.9 Å². The molecule has 0 aliphatic rings. The number of amides is 1. The molecular formula is C27H32N2O6. The van der Waals surface area contributed by atoms with Crippen LogP contribution in [0.4, 0.5) is 5.69 Å². The zero-order chi connectivity index (χ0) is 25.5. The van der Waals surface area contributed by atoms with Crippen molar-refractivity contribution in [2.75, 3.05) is 12.4 Å². The van der Waals surface area contributed by atoms with Gasteiger partial charge in [-0.3, -0.25) is 4.79 Å². The number of benzene rings is 2. The number of carbonyl (C=O) groups excluding carboxylic acids is 2. The lowest BCUT2D eigenvalue weighted by Crippen LogP contribution is -2.30. The molecule has 35 heavy (non-hydrogen) atoms. The quantitative estimate of drug-likeness (QED) is 0.378. The number of anilines is 1. The molecule has 0 radical (unpaired) electrons. The molecule has 0 saturated carbocycles. The lowest BCUT2D eigenvalue weighted by atomic mass is 9.97. The summed E-state index contributed by atoms with van der Waals surface area (Å²) in [5, 5.41) is 6.79. The number of para-hydroxylation sites is 1. The monoisotopic (exact) mass is 480 g/mol. The maximum Gasteiger partial charge on any atom is 0.339 e. The molecule has 2 atom stereocenters. The second-order valence-corrected chi connectivity index (χ2v) is 8.39. The summed E-state index contributed by atoms with van der Waals surface area (Å²) in [5.74, 6) is 0.747. The number of esters is 1. The van der Waals surface area contributed by atoms with Gasteiger partial charge in [-0.25, -0.2) is 4.79 Å². The number of ether oxygens (including phenoxy) is 3. The Balaban J connectivity index is 1.65. The van der Waals surface area contributed by atoms with Crippen molar-refractivity contribution in [1.29, 1.82) is 0 Å². The van der Waals surface area contributed by atoms with Crippen LogP contribution in [0.1, 0.15) is 66.0 Å². The summed E-state index contributed by atoms with van der Waals surface area (Å²) in [6, 6.07) is 12.3. The van der Waals surface area contributed by atoms with Gasteiger partial charge in [0.25, 0.3) is 5.91 Å². The molecule has 0 spiro atoms. The van der Waals surface area contributed by atoms with Gasteiger partial charge in [0.2, 0.25) is 0 Å². The van der Waals surface area contributed by atoms with E-state index in [2.05, 4.69) is 24.3 Å². The minimum atomic E-state index is -0.992. The van der Waals surface area contributed by atoms with Gasteiger partial charge < -0.3 is 24.1 Å². The van der Waals surface area contributed by atoms with E-state index in [0.29, 0.717) is 17.3 Å². The van der Waals surface area contributed by atoms with Gasteiger partial charge in [-0.05, 0) is 62.9 Å². The van der Waals surface area contributed by atoms with Crippen LogP contribution >= 0.6 is 0 Å². The van der Waals surface area contributed by atoms with Crippen molar-refractivity contribution in [3.05, 3.63) is 70.6 Å². The summed E-state index contributed by atoms with van der Waals surface area (Å²) in [7, 11) is 1.48. The molecule has 186 valence electrons. The molecule has 2 aromatic carbocycles. The van der Waals surface area contributed by atoms with E-state index >= 15 is 0 Å². The average Bonchev–Trinajstić information content (AvgIpc) is 3.19. The Morgan fingerprint density at radius 3 is 2.49 bits per heavy atom. The molecule has 1 heterocycles. The van der Waals surface area contributed by atoms with Gasteiger partial charge in [-0.1, -0.05) is 37.2 Å². The Kier molecular flexibility index (Phi) is 8.52. The molecule has 1 N–H and O–H groups in total. The zero-order valence-corrected chi connectivity index (χ0v) is 21.0. The maximum absolute atomic E-state index is 12.7. The number of hydrogen-bond acceptors (Lipinski definition) is 7. The molecular weight excluding hydrogens is 448 g/mol. The zero-order valence-electron chi connectivity index (χ0n) is 21.0. The summed E-state index contributed by atoms with van der Waals surface area (Å²) in [4.78, 5) is 25.5. The average molecular weight is 481 g/mol. The first-order valence-electron chi connectivity index (χ1n) is 11.6. The maximum atomic E-state index is 12.7. The third-order valence-electron chi connectivity index (χ3n) is 5.97. The minimum Gasteiger partial charge on any atom is -0.493 e. The Labute approximate surface area is 205 Å². The lowest BCUT2D eigenvalue weighted by molar-refractivity contribution is -0.123. The van der Waals surface area contributed by atoms with Crippen LogP contribution in [0.3, 0.4) is 0 Å². The highest BCUT2D eigenvalue weighted by Crippen LogP contribution is 2.30. The van der Waals surface area contributed by atoms with Gasteiger partial charge >= 0.3 is 5.97 Å². The van der Waals surface area contributed by atoms with E-state index < -0.39 is 18.0 Å². The van der Waals surface area contributed by atoms with Crippen LogP contribution in [0.5, 0.6) is 11.5 Å². The SMILES string of the molecule is CCC(C)c1ccccc1NC(=O)C(C)OC(=O)c1ccc(OCc2c(C)noc2C)c(OC)c1. The van der Waals surface area contributed by atoms with Crippen molar-refractivity contribution in [3.8, 4) is 11.5 Å². The van der Waals surface area contributed by atoms with Crippen molar-refractivity contribution in [2.45, 2.75) is 59.7 Å². The number of methoxy groups -OCH3 is 1. The summed E-state index contributed by atoms with van der Waals surface area (Å²) >= 11 is 0. The number of hydrogen-bond donors (Lipinski definition) is 1. The third-order valence-corrected chi connectivity index (χ3v) is 5.97. The number of aryl methyl sites for hydroxylation is 2. The molecule has 0 saturated heterocycles. The second kappa shape index (κ2) is 11.6. The van der Waals surface area contributed by atoms with E-state index in [-0.39, 0.29) is 18.1 Å². The smallest absolute Gasteiger partial charge is 0.339 e. The highest BCUT2D eigenvalue weighted by molar-refractivity contribution is 5.98. The molecule has 0 fully saturated rings. The Morgan fingerprint density at radius 2 is 1.83 bits per heavy atom. The molecule has 0 bridgehead atoms. The molecule has 2 unspecified atom stereocenters. The fourth-order valence-electron chi connectivity index (χ4n) is 3.55. The first kappa shape index (κ1) is 25.8. The van der Waals surface area contributed by atoms with Crippen molar-refractivity contribution in [1.82, 2.24) is 5.16 Å². The largest absolute Gasteiger partial charge is 0.493 e. The molecule has 8 heteroatoms. The number of nitrogens with zero attached hydrogens (tertiary/aromatic N) is 1. The molecule has 3 rings (SSSR count). The van der Waals surface area contributed by atoms with Gasteiger partial charge in [-0.2, -0.15) is 0 Å².